The Hall–Kier alpha value is -3.84. The maximum atomic E-state index is 9.14. The van der Waals surface area contributed by atoms with Crippen LogP contribution in [-0.4, -0.2) is 41.8 Å². The molecule has 0 rings (SSSR count). The summed E-state index contributed by atoms with van der Waals surface area (Å²) in [5.41, 5.74) is 0. The van der Waals surface area contributed by atoms with Crippen LogP contribution in [-0.2, 0) is 54.6 Å². The monoisotopic (exact) mass is 704 g/mol. The van der Waals surface area contributed by atoms with Crippen molar-refractivity contribution in [2.45, 2.75) is 0 Å². The second-order valence-electron chi connectivity index (χ2n) is 3.66. The Kier molecular flexibility index (Phi) is 84.9. The largest absolute Gasteiger partial charge is 6.00 e. The quantitative estimate of drug-likeness (QED) is 0.176. The summed E-state index contributed by atoms with van der Waals surface area (Å²) in [6.45, 7) is 20.3. The van der Waals surface area contributed by atoms with Gasteiger partial charge in [-0.05, 0) is 42.5 Å². The summed E-state index contributed by atoms with van der Waals surface area (Å²) in [4.78, 5) is 64.0. The van der Waals surface area contributed by atoms with Crippen molar-refractivity contribution in [3.05, 3.63) is 88.6 Å². The number of hydrogen-bond acceptors (Lipinski definition) is 14. The Balaban J connectivity index is -0.0000000350. The van der Waals surface area contributed by atoms with Gasteiger partial charge in [0.15, 0.2) is 0 Å². The van der Waals surface area contributed by atoms with E-state index in [0.29, 0.717) is 0 Å². The number of rotatable bonds is 7. The average Bonchev–Trinajstić information content (AvgIpc) is 2.80. The molecule has 37 heavy (non-hydrogen) atoms. The van der Waals surface area contributed by atoms with Crippen LogP contribution in [0.2, 0.25) is 0 Å². The summed E-state index contributed by atoms with van der Waals surface area (Å²) in [6, 6.07) is 0. The topological polar surface area (TPSA) is 281 Å². The molecule has 0 spiro atoms. The second-order valence-corrected chi connectivity index (χ2v) is 3.66. The third-order valence-corrected chi connectivity index (χ3v) is 1.17. The van der Waals surface area contributed by atoms with Crippen LogP contribution < -0.4 is 65.3 Å². The first-order valence-corrected chi connectivity index (χ1v) is 7.74. The van der Waals surface area contributed by atoms with E-state index in [0.717, 1.165) is 42.5 Å². The van der Waals surface area contributed by atoms with Gasteiger partial charge in [-0.25, -0.2) is 0 Å². The van der Waals surface area contributed by atoms with Gasteiger partial charge < -0.3 is 69.3 Å². The summed E-state index contributed by atoms with van der Waals surface area (Å²) in [6.07, 6.45) is 5.06. The van der Waals surface area contributed by atoms with Gasteiger partial charge in [0, 0.05) is 0 Å². The first kappa shape index (κ1) is 58.8. The van der Waals surface area contributed by atoms with E-state index in [1.54, 1.807) is 0 Å². The zero-order chi connectivity index (χ0) is 30.0. The molecule has 0 saturated carbocycles. The van der Waals surface area contributed by atoms with Crippen LogP contribution in [0.3, 0.4) is 0 Å². The molecule has 196 valence electrons. The van der Waals surface area contributed by atoms with E-state index in [1.165, 1.54) is 0 Å². The van der Waals surface area contributed by atoms with Crippen molar-refractivity contribution in [2.24, 2.45) is 0 Å². The SMILES string of the molecule is C=CC(=O)[O-].C=CC(=O)[O-].C=CC(=O)[O-].C=CC(=O)[O-].C=CC(=O)[O-].C=CC(=O)[O-].C=CC(=O)[O-].[Na+].[W+6]. The molecule has 0 aliphatic rings. The van der Waals surface area contributed by atoms with Crippen molar-refractivity contribution < 1.29 is 120 Å². The zero-order valence-electron chi connectivity index (χ0n) is 19.6. The Morgan fingerprint density at radius 1 is 0.324 bits per heavy atom. The molecule has 16 heteroatoms. The molecule has 0 radical (unpaired) electrons. The molecule has 0 aliphatic heterocycles. The Bertz CT molecular complexity index is 581. The van der Waals surface area contributed by atoms with Crippen molar-refractivity contribution in [1.29, 1.82) is 0 Å². The molecule has 0 aliphatic carbocycles. The summed E-state index contributed by atoms with van der Waals surface area (Å²) in [5, 5.41) is 64.0. The molecular weight excluding hydrogens is 683 g/mol. The smallest absolute Gasteiger partial charge is 0.545 e. The summed E-state index contributed by atoms with van der Waals surface area (Å²) >= 11 is 0. The van der Waals surface area contributed by atoms with Crippen molar-refractivity contribution in [3.63, 3.8) is 0 Å². The van der Waals surface area contributed by atoms with Gasteiger partial charge in [0.1, 0.15) is 0 Å². The fraction of sp³-hybridized carbons (Fsp3) is 0. The molecule has 0 N–H and O–H groups in total. The van der Waals surface area contributed by atoms with Gasteiger partial charge in [-0.2, -0.15) is 0 Å². The maximum absolute atomic E-state index is 9.14. The Labute approximate surface area is 249 Å². The number of aliphatic carboxylic acids is 7. The van der Waals surface area contributed by atoms with Gasteiger partial charge in [0.05, 0.1) is 41.8 Å². The third-order valence-electron chi connectivity index (χ3n) is 1.17. The molecule has 0 bridgehead atoms. The van der Waals surface area contributed by atoms with E-state index in [4.69, 9.17) is 69.3 Å². The summed E-state index contributed by atoms with van der Waals surface area (Å²) in [5.74, 6) is -8.62. The van der Waals surface area contributed by atoms with Crippen molar-refractivity contribution in [2.75, 3.05) is 0 Å². The van der Waals surface area contributed by atoms with Gasteiger partial charge in [0.25, 0.3) is 0 Å². The molecule has 0 atom stereocenters. The molecule has 0 aromatic carbocycles. The average molecular weight is 704 g/mol. The number of hydrogen-bond donors (Lipinski definition) is 0. The van der Waals surface area contributed by atoms with E-state index < -0.39 is 41.8 Å². The van der Waals surface area contributed by atoms with E-state index in [9.17, 15) is 0 Å². The van der Waals surface area contributed by atoms with E-state index >= 15 is 0 Å². The van der Waals surface area contributed by atoms with Gasteiger partial charge in [-0.15, -0.1) is 0 Å². The molecule has 0 aromatic rings. The van der Waals surface area contributed by atoms with Crippen molar-refractivity contribution in [3.8, 4) is 0 Å². The van der Waals surface area contributed by atoms with Crippen molar-refractivity contribution in [1.82, 2.24) is 0 Å². The summed E-state index contributed by atoms with van der Waals surface area (Å²) < 4.78 is 0. The molecular formula is C21H21NaO14W. The molecule has 0 aromatic heterocycles. The van der Waals surface area contributed by atoms with Crippen LogP contribution >= 0.6 is 0 Å². The van der Waals surface area contributed by atoms with Gasteiger partial charge >= 0.3 is 50.6 Å². The second kappa shape index (κ2) is 53.5. The van der Waals surface area contributed by atoms with Crippen LogP contribution in [0.15, 0.2) is 88.6 Å². The Morgan fingerprint density at radius 3 is 0.351 bits per heavy atom. The van der Waals surface area contributed by atoms with Crippen LogP contribution in [0.4, 0.5) is 0 Å². The van der Waals surface area contributed by atoms with E-state index in [-0.39, 0.29) is 50.6 Å². The maximum Gasteiger partial charge on any atom is 6.00 e. The normalized spacial score (nSPS) is 6.05. The minimum Gasteiger partial charge on any atom is -0.545 e. The molecule has 0 saturated heterocycles. The predicted molar refractivity (Wildman–Crippen MR) is 106 cm³/mol. The van der Waals surface area contributed by atoms with E-state index in [1.807, 2.05) is 0 Å². The number of carboxylic acid groups (broad SMARTS) is 7. The van der Waals surface area contributed by atoms with E-state index in [2.05, 4.69) is 46.1 Å². The fourth-order valence-corrected chi connectivity index (χ4v) is 0. The number of carboxylic acids is 7. The minimum absolute atomic E-state index is 0. The number of carbonyl (C=O) groups excluding carboxylic acids is 7. The first-order valence-electron chi connectivity index (χ1n) is 7.74. The third kappa shape index (κ3) is 283. The predicted octanol–water partition coefficient (Wildman–Crippen LogP) is -10.5. The fourth-order valence-electron chi connectivity index (χ4n) is 0. The zero-order valence-corrected chi connectivity index (χ0v) is 24.5. The number of carbonyl (C=O) groups is 7. The molecule has 0 unspecified atom stereocenters. The first-order chi connectivity index (χ1) is 15.9. The minimum atomic E-state index is -1.23. The molecule has 0 amide bonds. The van der Waals surface area contributed by atoms with Gasteiger partial charge in [0.2, 0.25) is 0 Å². The molecule has 0 heterocycles. The standard InChI is InChI=1S/7C3H4O2.Na.W/c7*1-2-3(4)5;;/h7*2H,1H2,(H,4,5);;/q;;;;;;;+1;+6/p-7. The summed E-state index contributed by atoms with van der Waals surface area (Å²) in [7, 11) is 0. The van der Waals surface area contributed by atoms with Crippen LogP contribution in [0.25, 0.3) is 0 Å². The molecule has 0 fully saturated rings. The Morgan fingerprint density at radius 2 is 0.351 bits per heavy atom. The van der Waals surface area contributed by atoms with Crippen LogP contribution in [0.1, 0.15) is 0 Å². The van der Waals surface area contributed by atoms with Crippen LogP contribution in [0, 0.1) is 0 Å². The van der Waals surface area contributed by atoms with Gasteiger partial charge in [-0.3, -0.25) is 0 Å². The van der Waals surface area contributed by atoms with Gasteiger partial charge in [-0.1, -0.05) is 46.1 Å². The van der Waals surface area contributed by atoms with Crippen LogP contribution in [0.5, 0.6) is 0 Å². The van der Waals surface area contributed by atoms with Crippen molar-refractivity contribution >= 4 is 41.8 Å². The molecule has 14 nitrogen and oxygen atoms in total.